The third-order valence-electron chi connectivity index (χ3n) is 3.97. The molecular formula is C16H27N3O. The van der Waals surface area contributed by atoms with Crippen LogP contribution >= 0.6 is 0 Å². The minimum absolute atomic E-state index is 0.334. The summed E-state index contributed by atoms with van der Waals surface area (Å²) in [4.78, 5) is 6.75. The van der Waals surface area contributed by atoms with Crippen LogP contribution in [0.4, 0.5) is 5.82 Å². The molecule has 1 aliphatic rings. The third-order valence-corrected chi connectivity index (χ3v) is 3.97. The van der Waals surface area contributed by atoms with Crippen molar-refractivity contribution in [3.05, 3.63) is 23.9 Å². The van der Waals surface area contributed by atoms with Crippen molar-refractivity contribution < 1.29 is 5.11 Å². The van der Waals surface area contributed by atoms with Gasteiger partial charge < -0.3 is 15.3 Å². The van der Waals surface area contributed by atoms with Gasteiger partial charge in [0.05, 0.1) is 5.60 Å². The number of anilines is 1. The summed E-state index contributed by atoms with van der Waals surface area (Å²) >= 11 is 0. The van der Waals surface area contributed by atoms with Gasteiger partial charge in [-0.1, -0.05) is 13.0 Å². The van der Waals surface area contributed by atoms with E-state index in [9.17, 15) is 5.11 Å². The van der Waals surface area contributed by atoms with E-state index in [1.165, 1.54) is 5.56 Å². The second-order valence-electron chi connectivity index (χ2n) is 6.15. The lowest BCUT2D eigenvalue weighted by Crippen LogP contribution is -2.46. The summed E-state index contributed by atoms with van der Waals surface area (Å²) in [5, 5.41) is 13.6. The average molecular weight is 277 g/mol. The van der Waals surface area contributed by atoms with Crippen LogP contribution < -0.4 is 10.2 Å². The fraction of sp³-hybridized carbons (Fsp3) is 0.688. The van der Waals surface area contributed by atoms with Gasteiger partial charge in [-0.2, -0.15) is 0 Å². The van der Waals surface area contributed by atoms with Crippen molar-refractivity contribution in [3.8, 4) is 0 Å². The largest absolute Gasteiger partial charge is 0.388 e. The van der Waals surface area contributed by atoms with Crippen LogP contribution in [0.1, 0.15) is 51.6 Å². The lowest BCUT2D eigenvalue weighted by Gasteiger charge is -2.37. The van der Waals surface area contributed by atoms with Gasteiger partial charge in [-0.15, -0.1) is 0 Å². The van der Waals surface area contributed by atoms with Crippen molar-refractivity contribution in [2.75, 3.05) is 24.5 Å². The first-order valence-electron chi connectivity index (χ1n) is 7.68. The van der Waals surface area contributed by atoms with Gasteiger partial charge in [-0.3, -0.25) is 0 Å². The van der Waals surface area contributed by atoms with Gasteiger partial charge in [0.1, 0.15) is 5.82 Å². The first-order valence-corrected chi connectivity index (χ1v) is 7.68. The Morgan fingerprint density at radius 1 is 1.50 bits per heavy atom. The van der Waals surface area contributed by atoms with Crippen molar-refractivity contribution >= 4 is 5.82 Å². The molecule has 2 N–H and O–H groups in total. The standard InChI is InChI=1S/C16H27N3O/c1-4-9-17-13(2)14-6-7-15(18-11-14)19-10-5-8-16(3,20)12-19/h6-7,11,13,17,20H,4-5,8-10,12H2,1-3H3. The van der Waals surface area contributed by atoms with Crippen LogP contribution in [0, 0.1) is 0 Å². The van der Waals surface area contributed by atoms with Crippen molar-refractivity contribution in [1.29, 1.82) is 0 Å². The van der Waals surface area contributed by atoms with E-state index in [4.69, 9.17) is 0 Å². The molecule has 1 aromatic heterocycles. The van der Waals surface area contributed by atoms with E-state index in [1.807, 2.05) is 13.1 Å². The molecule has 2 rings (SSSR count). The van der Waals surface area contributed by atoms with Crippen LogP contribution in [0.5, 0.6) is 0 Å². The fourth-order valence-electron chi connectivity index (χ4n) is 2.73. The maximum atomic E-state index is 10.2. The second kappa shape index (κ2) is 6.55. The van der Waals surface area contributed by atoms with Gasteiger partial charge in [-0.05, 0) is 51.3 Å². The molecule has 0 amide bonds. The molecule has 1 fully saturated rings. The summed E-state index contributed by atoms with van der Waals surface area (Å²) in [5.74, 6) is 0.969. The highest BCUT2D eigenvalue weighted by Gasteiger charge is 2.28. The smallest absolute Gasteiger partial charge is 0.128 e. The molecule has 1 aliphatic heterocycles. The quantitative estimate of drug-likeness (QED) is 0.868. The molecule has 0 radical (unpaired) electrons. The van der Waals surface area contributed by atoms with Crippen LogP contribution in [0.15, 0.2) is 18.3 Å². The average Bonchev–Trinajstić information content (AvgIpc) is 2.44. The first-order chi connectivity index (χ1) is 9.52. The van der Waals surface area contributed by atoms with E-state index in [0.717, 1.165) is 38.2 Å². The molecule has 2 atom stereocenters. The Kier molecular flexibility index (Phi) is 5.00. The van der Waals surface area contributed by atoms with E-state index < -0.39 is 5.60 Å². The summed E-state index contributed by atoms with van der Waals surface area (Å²) in [7, 11) is 0. The lowest BCUT2D eigenvalue weighted by molar-refractivity contribution is 0.0447. The van der Waals surface area contributed by atoms with Gasteiger partial charge >= 0.3 is 0 Å². The fourth-order valence-corrected chi connectivity index (χ4v) is 2.73. The Balaban J connectivity index is 2.00. The molecule has 1 saturated heterocycles. The Hall–Kier alpha value is -1.13. The molecule has 0 spiro atoms. The van der Waals surface area contributed by atoms with Crippen LogP contribution in [-0.2, 0) is 0 Å². The van der Waals surface area contributed by atoms with E-state index in [0.29, 0.717) is 12.6 Å². The maximum absolute atomic E-state index is 10.2. The monoisotopic (exact) mass is 277 g/mol. The molecule has 112 valence electrons. The number of aromatic nitrogens is 1. The zero-order chi connectivity index (χ0) is 14.6. The highest BCUT2D eigenvalue weighted by molar-refractivity contribution is 5.41. The van der Waals surface area contributed by atoms with Gasteiger partial charge in [0.2, 0.25) is 0 Å². The minimum Gasteiger partial charge on any atom is -0.388 e. The topological polar surface area (TPSA) is 48.4 Å². The normalized spacial score (nSPS) is 24.7. The molecule has 4 nitrogen and oxygen atoms in total. The van der Waals surface area contributed by atoms with Crippen LogP contribution in [-0.4, -0.2) is 35.3 Å². The van der Waals surface area contributed by atoms with E-state index in [1.54, 1.807) is 0 Å². The van der Waals surface area contributed by atoms with Crippen molar-refractivity contribution in [2.24, 2.45) is 0 Å². The number of aliphatic hydroxyl groups is 1. The van der Waals surface area contributed by atoms with Gasteiger partial charge in [0.15, 0.2) is 0 Å². The summed E-state index contributed by atoms with van der Waals surface area (Å²) < 4.78 is 0. The molecule has 0 aliphatic carbocycles. The first kappa shape index (κ1) is 15.3. The van der Waals surface area contributed by atoms with Gasteiger partial charge in [-0.25, -0.2) is 4.98 Å². The molecular weight excluding hydrogens is 250 g/mol. The number of rotatable bonds is 5. The highest BCUT2D eigenvalue weighted by Crippen LogP contribution is 2.25. The Morgan fingerprint density at radius 3 is 2.90 bits per heavy atom. The number of β-amino-alcohol motifs (C(OH)–C–C–N with tert-alkyl or cyclic N) is 1. The summed E-state index contributed by atoms with van der Waals surface area (Å²) in [6.45, 7) is 8.92. The number of piperidine rings is 1. The number of nitrogens with one attached hydrogen (secondary N) is 1. The van der Waals surface area contributed by atoms with Crippen molar-refractivity contribution in [1.82, 2.24) is 10.3 Å². The van der Waals surface area contributed by atoms with E-state index >= 15 is 0 Å². The van der Waals surface area contributed by atoms with Crippen molar-refractivity contribution in [2.45, 2.75) is 51.7 Å². The van der Waals surface area contributed by atoms with Gasteiger partial charge in [0.25, 0.3) is 0 Å². The molecule has 2 unspecified atom stereocenters. The summed E-state index contributed by atoms with van der Waals surface area (Å²) in [6, 6.07) is 4.54. The van der Waals surface area contributed by atoms with Crippen LogP contribution in [0.2, 0.25) is 0 Å². The van der Waals surface area contributed by atoms with E-state index in [-0.39, 0.29) is 0 Å². The maximum Gasteiger partial charge on any atom is 0.128 e. The Labute approximate surface area is 122 Å². The van der Waals surface area contributed by atoms with Crippen molar-refractivity contribution in [3.63, 3.8) is 0 Å². The van der Waals surface area contributed by atoms with Crippen LogP contribution in [0.3, 0.4) is 0 Å². The minimum atomic E-state index is -0.589. The summed E-state index contributed by atoms with van der Waals surface area (Å²) in [5.41, 5.74) is 0.625. The molecule has 0 saturated carbocycles. The second-order valence-corrected chi connectivity index (χ2v) is 6.15. The molecule has 0 bridgehead atoms. The number of nitrogens with zero attached hydrogens (tertiary/aromatic N) is 2. The highest BCUT2D eigenvalue weighted by atomic mass is 16.3. The van der Waals surface area contributed by atoms with Crippen LogP contribution in [0.25, 0.3) is 0 Å². The Morgan fingerprint density at radius 2 is 2.30 bits per heavy atom. The molecule has 20 heavy (non-hydrogen) atoms. The zero-order valence-corrected chi connectivity index (χ0v) is 12.9. The van der Waals surface area contributed by atoms with E-state index in [2.05, 4.69) is 41.2 Å². The molecule has 2 heterocycles. The SMILES string of the molecule is CCCNC(C)c1ccc(N2CCCC(C)(O)C2)nc1. The predicted octanol–water partition coefficient (Wildman–Crippen LogP) is 2.49. The summed E-state index contributed by atoms with van der Waals surface area (Å²) in [6.07, 6.45) is 4.98. The third kappa shape index (κ3) is 3.93. The predicted molar refractivity (Wildman–Crippen MR) is 83.0 cm³/mol. The molecule has 1 aromatic rings. The molecule has 4 heteroatoms. The zero-order valence-electron chi connectivity index (χ0n) is 12.9. The van der Waals surface area contributed by atoms with Gasteiger partial charge in [0, 0.05) is 25.3 Å². The molecule has 0 aromatic carbocycles. The lowest BCUT2D eigenvalue weighted by atomic mass is 9.95. The number of hydrogen-bond donors (Lipinski definition) is 2. The number of pyridine rings is 1. The number of hydrogen-bond acceptors (Lipinski definition) is 4. The Bertz CT molecular complexity index is 416.